The van der Waals surface area contributed by atoms with Gasteiger partial charge in [0.1, 0.15) is 5.57 Å². The molecule has 0 bridgehead atoms. The second-order valence-corrected chi connectivity index (χ2v) is 14.9. The van der Waals surface area contributed by atoms with Gasteiger partial charge in [-0.3, -0.25) is 0 Å². The van der Waals surface area contributed by atoms with Crippen molar-refractivity contribution < 1.29 is 23.1 Å². The second-order valence-electron chi connectivity index (χ2n) is 5.81. The third-order valence-electron chi connectivity index (χ3n) is 1.67. The normalized spacial score (nSPS) is 11.5. The summed E-state index contributed by atoms with van der Waals surface area (Å²) in [4.78, 5) is 16.7. The first-order valence-corrected chi connectivity index (χ1v) is 15.4. The molecule has 5 nitrogen and oxygen atoms in total. The molecule has 0 rings (SSSR count). The van der Waals surface area contributed by atoms with Gasteiger partial charge in [0.2, 0.25) is 26.4 Å². The van der Waals surface area contributed by atoms with Crippen molar-refractivity contribution in [3.63, 3.8) is 0 Å². The van der Waals surface area contributed by atoms with Gasteiger partial charge in [-0.15, -0.1) is 0 Å². The number of hydrogen-bond donors (Lipinski definition) is 0. The maximum Gasteiger partial charge on any atom is 0.374 e. The van der Waals surface area contributed by atoms with Crippen molar-refractivity contribution >= 4 is 32.4 Å². The average Bonchev–Trinajstić information content (AvgIpc) is 2.21. The first kappa shape index (κ1) is 18.4. The molecule has 8 heteroatoms. The van der Waals surface area contributed by atoms with Gasteiger partial charge in [-0.05, 0) is 52.8 Å². The Morgan fingerprint density at radius 3 is 1.68 bits per heavy atom. The average molecular weight is 323 g/mol. The van der Waals surface area contributed by atoms with Crippen LogP contribution in [0.15, 0.2) is 11.5 Å². The van der Waals surface area contributed by atoms with Crippen molar-refractivity contribution in [1.82, 2.24) is 0 Å². The maximum atomic E-state index is 11.9. The van der Waals surface area contributed by atoms with E-state index in [-0.39, 0.29) is 0 Å². The fourth-order valence-corrected chi connectivity index (χ4v) is 2.70. The topological polar surface area (TPSA) is 54.0 Å². The minimum Gasteiger partial charge on any atom is -0.523 e. The van der Waals surface area contributed by atoms with Gasteiger partial charge in [-0.2, -0.15) is 0 Å². The Hall–Kier alpha value is -0.579. The van der Waals surface area contributed by atoms with Gasteiger partial charge in [0.15, 0.2) is 0 Å². The van der Waals surface area contributed by atoms with E-state index in [1.165, 1.54) is 0 Å². The van der Waals surface area contributed by atoms with Gasteiger partial charge in [-0.1, -0.05) is 0 Å². The molecule has 0 aliphatic heterocycles. The molecule has 0 aromatic heterocycles. The smallest absolute Gasteiger partial charge is 0.374 e. The number of rotatable bonds is 7. The maximum absolute atomic E-state index is 11.9. The van der Waals surface area contributed by atoms with E-state index in [4.69, 9.17) is 18.3 Å². The van der Waals surface area contributed by atoms with E-state index in [0.717, 1.165) is 0 Å². The van der Waals surface area contributed by atoms with Crippen LogP contribution in [0.3, 0.4) is 0 Å². The fourth-order valence-electron chi connectivity index (χ4n) is 0.941. The molecule has 0 aromatic rings. The standard InChI is InChI=1S/C11H26O5Si3/c1-9(10(12)13-16-19(6,7)8)11(14-17(2)3)15-18(4)5/h17-18H,1-8H3. The molecule has 19 heavy (non-hydrogen) atoms. The summed E-state index contributed by atoms with van der Waals surface area (Å²) >= 11 is 0. The molecule has 0 amide bonds. The SMILES string of the molecule is CC(C(=O)OO[Si](C)(C)C)=C(O[SiH](C)C)O[SiH](C)C. The molecule has 0 aromatic carbocycles. The van der Waals surface area contributed by atoms with Crippen LogP contribution in [-0.2, 0) is 23.1 Å². The molecule has 0 spiro atoms. The Labute approximate surface area is 120 Å². The summed E-state index contributed by atoms with van der Waals surface area (Å²) in [7, 11) is -4.57. The largest absolute Gasteiger partial charge is 0.523 e. The molecule has 0 N–H and O–H groups in total. The van der Waals surface area contributed by atoms with E-state index < -0.39 is 32.4 Å². The molecule has 0 saturated heterocycles. The lowest BCUT2D eigenvalue weighted by Crippen LogP contribution is -2.28. The second kappa shape index (κ2) is 7.88. The quantitative estimate of drug-likeness (QED) is 0.237. The van der Waals surface area contributed by atoms with Crippen LogP contribution in [0.4, 0.5) is 0 Å². The fraction of sp³-hybridized carbons (Fsp3) is 0.727. The molecule has 0 unspecified atom stereocenters. The van der Waals surface area contributed by atoms with E-state index in [9.17, 15) is 4.79 Å². The molecule has 0 aliphatic carbocycles. The summed E-state index contributed by atoms with van der Waals surface area (Å²) in [5.74, 6) is -0.228. The Morgan fingerprint density at radius 1 is 0.947 bits per heavy atom. The monoisotopic (exact) mass is 322 g/mol. The molecular formula is C11H26O5Si3. The minimum atomic E-state index is -1.89. The van der Waals surface area contributed by atoms with Gasteiger partial charge in [0.05, 0.1) is 0 Å². The number of carbonyl (C=O) groups is 1. The molecule has 0 heterocycles. The first-order valence-electron chi connectivity index (χ1n) is 6.47. The summed E-state index contributed by atoms with van der Waals surface area (Å²) in [6.07, 6.45) is 0. The van der Waals surface area contributed by atoms with Crippen LogP contribution >= 0.6 is 0 Å². The lowest BCUT2D eigenvalue weighted by Gasteiger charge is -2.20. The van der Waals surface area contributed by atoms with Crippen LogP contribution in [0, 0.1) is 0 Å². The van der Waals surface area contributed by atoms with Crippen LogP contribution in [0.5, 0.6) is 0 Å². The zero-order chi connectivity index (χ0) is 15.2. The summed E-state index contributed by atoms with van der Waals surface area (Å²) in [6, 6.07) is 0. The van der Waals surface area contributed by atoms with Crippen molar-refractivity contribution in [2.45, 2.75) is 52.8 Å². The van der Waals surface area contributed by atoms with Gasteiger partial charge < -0.3 is 13.7 Å². The van der Waals surface area contributed by atoms with Crippen molar-refractivity contribution in [1.29, 1.82) is 0 Å². The first-order chi connectivity index (χ1) is 8.53. The molecule has 0 aliphatic rings. The highest BCUT2D eigenvalue weighted by Gasteiger charge is 2.23. The molecular weight excluding hydrogens is 296 g/mol. The van der Waals surface area contributed by atoms with Gasteiger partial charge in [0, 0.05) is 0 Å². The van der Waals surface area contributed by atoms with Crippen molar-refractivity contribution in [2.24, 2.45) is 0 Å². The molecule has 0 radical (unpaired) electrons. The molecule has 0 atom stereocenters. The summed E-state index contributed by atoms with van der Waals surface area (Å²) in [5, 5.41) is 0. The van der Waals surface area contributed by atoms with Gasteiger partial charge in [-0.25, -0.2) is 9.37 Å². The highest BCUT2D eigenvalue weighted by Crippen LogP contribution is 2.14. The van der Waals surface area contributed by atoms with Crippen LogP contribution in [-0.4, -0.2) is 32.4 Å². The summed E-state index contributed by atoms with van der Waals surface area (Å²) in [6.45, 7) is 15.5. The van der Waals surface area contributed by atoms with Crippen molar-refractivity contribution in [2.75, 3.05) is 0 Å². The molecule has 112 valence electrons. The predicted molar refractivity (Wildman–Crippen MR) is 83.1 cm³/mol. The third kappa shape index (κ3) is 9.03. The van der Waals surface area contributed by atoms with Crippen LogP contribution in [0.2, 0.25) is 45.8 Å². The summed E-state index contributed by atoms with van der Waals surface area (Å²) in [5.41, 5.74) is 0.334. The lowest BCUT2D eigenvalue weighted by atomic mass is 10.3. The van der Waals surface area contributed by atoms with E-state index in [0.29, 0.717) is 11.5 Å². The minimum absolute atomic E-state index is 0.313. The zero-order valence-corrected chi connectivity index (χ0v) is 16.5. The van der Waals surface area contributed by atoms with E-state index in [1.54, 1.807) is 6.92 Å². The zero-order valence-electron chi connectivity index (χ0n) is 13.2. The Morgan fingerprint density at radius 2 is 1.37 bits per heavy atom. The highest BCUT2D eigenvalue weighted by molar-refractivity contribution is 6.69. The van der Waals surface area contributed by atoms with Crippen LogP contribution in [0.25, 0.3) is 0 Å². The van der Waals surface area contributed by atoms with E-state index in [1.807, 2.05) is 45.8 Å². The number of carbonyl (C=O) groups excluding carboxylic acids is 1. The van der Waals surface area contributed by atoms with Gasteiger partial charge >= 0.3 is 5.97 Å². The Kier molecular flexibility index (Phi) is 7.64. The molecule has 0 fully saturated rings. The molecule has 0 saturated carbocycles. The Balaban J connectivity index is 4.84. The van der Waals surface area contributed by atoms with Crippen molar-refractivity contribution in [3.8, 4) is 0 Å². The number of hydrogen-bond acceptors (Lipinski definition) is 5. The van der Waals surface area contributed by atoms with Crippen LogP contribution in [0.1, 0.15) is 6.92 Å². The van der Waals surface area contributed by atoms with E-state index >= 15 is 0 Å². The lowest BCUT2D eigenvalue weighted by molar-refractivity contribution is -0.214. The van der Waals surface area contributed by atoms with Crippen molar-refractivity contribution in [3.05, 3.63) is 11.5 Å². The predicted octanol–water partition coefficient (Wildman–Crippen LogP) is 2.53. The third-order valence-corrected chi connectivity index (χ3v) is 3.62. The van der Waals surface area contributed by atoms with Gasteiger partial charge in [0.25, 0.3) is 5.95 Å². The van der Waals surface area contributed by atoms with Crippen LogP contribution < -0.4 is 0 Å². The van der Waals surface area contributed by atoms with E-state index in [2.05, 4.69) is 0 Å². The summed E-state index contributed by atoms with van der Waals surface area (Å²) < 4.78 is 16.5. The Bertz CT molecular complexity index is 322. The highest BCUT2D eigenvalue weighted by atomic mass is 28.4.